The minimum atomic E-state index is -4.43. The minimum Gasteiger partial charge on any atom is -0.492 e. The van der Waals surface area contributed by atoms with Crippen LogP contribution in [0, 0.1) is 5.92 Å². The number of nitrogens with zero attached hydrogens (tertiary/aromatic N) is 1. The Labute approximate surface area is 139 Å². The van der Waals surface area contributed by atoms with Crippen molar-refractivity contribution in [1.29, 1.82) is 0 Å². The highest BCUT2D eigenvalue weighted by Crippen LogP contribution is 2.35. The summed E-state index contributed by atoms with van der Waals surface area (Å²) < 4.78 is 44.0. The van der Waals surface area contributed by atoms with E-state index in [1.807, 2.05) is 0 Å². The molecular weight excluding hydrogens is 323 g/mol. The third kappa shape index (κ3) is 5.70. The Balaban J connectivity index is 1.82. The van der Waals surface area contributed by atoms with E-state index in [4.69, 9.17) is 9.84 Å². The third-order valence-electron chi connectivity index (χ3n) is 4.26. The van der Waals surface area contributed by atoms with E-state index in [9.17, 15) is 18.0 Å². The van der Waals surface area contributed by atoms with Gasteiger partial charge in [-0.2, -0.15) is 13.2 Å². The Morgan fingerprint density at radius 3 is 2.71 bits per heavy atom. The number of alkyl halides is 3. The standard InChI is InChI=1S/C17H22F3NO3/c18-17(19,20)14-5-1-2-6-15(14)24-11-10-21-8-3-4-13(7-9-21)12-16(22)23/h1-2,5-6,13H,3-4,7-12H2,(H,22,23). The zero-order valence-corrected chi connectivity index (χ0v) is 13.4. The molecule has 2 rings (SSSR count). The number of para-hydroxylation sites is 1. The second kappa shape index (κ2) is 8.37. The Bertz CT molecular complexity index is 548. The van der Waals surface area contributed by atoms with Crippen LogP contribution in [0.5, 0.6) is 5.75 Å². The fourth-order valence-electron chi connectivity index (χ4n) is 3.01. The number of benzene rings is 1. The lowest BCUT2D eigenvalue weighted by Crippen LogP contribution is -2.29. The third-order valence-corrected chi connectivity index (χ3v) is 4.26. The van der Waals surface area contributed by atoms with E-state index in [-0.39, 0.29) is 24.7 Å². The van der Waals surface area contributed by atoms with Crippen molar-refractivity contribution in [3.05, 3.63) is 29.8 Å². The molecule has 0 spiro atoms. The van der Waals surface area contributed by atoms with Crippen molar-refractivity contribution < 1.29 is 27.8 Å². The molecule has 4 nitrogen and oxygen atoms in total. The number of carbonyl (C=O) groups is 1. The monoisotopic (exact) mass is 345 g/mol. The Morgan fingerprint density at radius 2 is 2.00 bits per heavy atom. The Morgan fingerprint density at radius 1 is 1.25 bits per heavy atom. The molecule has 7 heteroatoms. The Hall–Kier alpha value is -1.76. The van der Waals surface area contributed by atoms with Gasteiger partial charge in [0, 0.05) is 13.0 Å². The van der Waals surface area contributed by atoms with Crippen molar-refractivity contribution in [3.63, 3.8) is 0 Å². The molecule has 1 aromatic rings. The molecule has 0 saturated carbocycles. The summed E-state index contributed by atoms with van der Waals surface area (Å²) in [7, 11) is 0. The number of hydrogen-bond donors (Lipinski definition) is 1. The normalized spacial score (nSPS) is 19.7. The van der Waals surface area contributed by atoms with Gasteiger partial charge in [-0.3, -0.25) is 9.69 Å². The van der Waals surface area contributed by atoms with Crippen LogP contribution in [-0.2, 0) is 11.0 Å². The molecule has 24 heavy (non-hydrogen) atoms. The number of rotatable bonds is 6. The summed E-state index contributed by atoms with van der Waals surface area (Å²) in [6.07, 6.45) is -1.67. The molecule has 1 fully saturated rings. The first kappa shape index (κ1) is 18.6. The molecule has 1 unspecified atom stereocenters. The highest BCUT2D eigenvalue weighted by Gasteiger charge is 2.34. The highest BCUT2D eigenvalue weighted by atomic mass is 19.4. The fourth-order valence-corrected chi connectivity index (χ4v) is 3.01. The van der Waals surface area contributed by atoms with Crippen molar-refractivity contribution in [2.24, 2.45) is 5.92 Å². The van der Waals surface area contributed by atoms with E-state index in [1.165, 1.54) is 18.2 Å². The molecule has 0 bridgehead atoms. The molecule has 1 N–H and O–H groups in total. The van der Waals surface area contributed by atoms with Crippen LogP contribution in [0.3, 0.4) is 0 Å². The van der Waals surface area contributed by atoms with Gasteiger partial charge < -0.3 is 9.84 Å². The summed E-state index contributed by atoms with van der Waals surface area (Å²) in [5, 5.41) is 8.86. The van der Waals surface area contributed by atoms with E-state index >= 15 is 0 Å². The number of hydrogen-bond acceptors (Lipinski definition) is 3. The van der Waals surface area contributed by atoms with Gasteiger partial charge in [-0.1, -0.05) is 12.1 Å². The first-order valence-corrected chi connectivity index (χ1v) is 8.09. The van der Waals surface area contributed by atoms with E-state index in [0.29, 0.717) is 6.54 Å². The van der Waals surface area contributed by atoms with Crippen molar-refractivity contribution in [1.82, 2.24) is 4.90 Å². The second-order valence-corrected chi connectivity index (χ2v) is 6.08. The average Bonchev–Trinajstić information content (AvgIpc) is 2.72. The molecule has 1 aliphatic heterocycles. The Kier molecular flexibility index (Phi) is 6.48. The number of carboxylic acid groups (broad SMARTS) is 1. The van der Waals surface area contributed by atoms with Gasteiger partial charge in [0.2, 0.25) is 0 Å². The molecular formula is C17H22F3NO3. The molecule has 1 saturated heterocycles. The first-order chi connectivity index (χ1) is 11.4. The van der Waals surface area contributed by atoms with Crippen molar-refractivity contribution in [2.75, 3.05) is 26.2 Å². The van der Waals surface area contributed by atoms with Crippen LogP contribution in [0.15, 0.2) is 24.3 Å². The van der Waals surface area contributed by atoms with E-state index in [0.717, 1.165) is 38.4 Å². The summed E-state index contributed by atoms with van der Waals surface area (Å²) >= 11 is 0. The lowest BCUT2D eigenvalue weighted by Gasteiger charge is -2.21. The van der Waals surface area contributed by atoms with Gasteiger partial charge in [0.1, 0.15) is 12.4 Å². The molecule has 0 aromatic heterocycles. The van der Waals surface area contributed by atoms with Crippen LogP contribution < -0.4 is 4.74 Å². The maximum atomic E-state index is 12.9. The summed E-state index contributed by atoms with van der Waals surface area (Å²) in [6, 6.07) is 5.20. The van der Waals surface area contributed by atoms with Gasteiger partial charge in [-0.15, -0.1) is 0 Å². The van der Waals surface area contributed by atoms with Gasteiger partial charge in [-0.05, 0) is 50.4 Å². The van der Waals surface area contributed by atoms with Gasteiger partial charge >= 0.3 is 12.1 Å². The van der Waals surface area contributed by atoms with Gasteiger partial charge in [0.25, 0.3) is 0 Å². The smallest absolute Gasteiger partial charge is 0.419 e. The van der Waals surface area contributed by atoms with Crippen molar-refractivity contribution >= 4 is 5.97 Å². The molecule has 0 aliphatic carbocycles. The predicted molar refractivity (Wildman–Crippen MR) is 83.0 cm³/mol. The minimum absolute atomic E-state index is 0.149. The van der Waals surface area contributed by atoms with Crippen LogP contribution in [0.4, 0.5) is 13.2 Å². The largest absolute Gasteiger partial charge is 0.492 e. The van der Waals surface area contributed by atoms with Crippen LogP contribution >= 0.6 is 0 Å². The van der Waals surface area contributed by atoms with Crippen molar-refractivity contribution in [2.45, 2.75) is 31.9 Å². The molecule has 1 heterocycles. The quantitative estimate of drug-likeness (QED) is 0.855. The number of aliphatic carboxylic acids is 1. The summed E-state index contributed by atoms with van der Waals surface area (Å²) in [5.41, 5.74) is -0.762. The maximum absolute atomic E-state index is 12.9. The van der Waals surface area contributed by atoms with E-state index in [1.54, 1.807) is 0 Å². The SMILES string of the molecule is O=C(O)CC1CCCN(CCOc2ccccc2C(F)(F)F)CC1. The van der Waals surface area contributed by atoms with E-state index in [2.05, 4.69) is 4.90 Å². The zero-order valence-electron chi connectivity index (χ0n) is 13.4. The topological polar surface area (TPSA) is 49.8 Å². The number of likely N-dealkylation sites (tertiary alicyclic amines) is 1. The average molecular weight is 345 g/mol. The number of ether oxygens (including phenoxy) is 1. The van der Waals surface area contributed by atoms with E-state index < -0.39 is 17.7 Å². The molecule has 0 radical (unpaired) electrons. The molecule has 1 atom stereocenters. The van der Waals surface area contributed by atoms with Gasteiger partial charge in [0.05, 0.1) is 5.56 Å². The van der Waals surface area contributed by atoms with Crippen LogP contribution in [0.1, 0.15) is 31.2 Å². The van der Waals surface area contributed by atoms with Crippen molar-refractivity contribution in [3.8, 4) is 5.75 Å². The lowest BCUT2D eigenvalue weighted by molar-refractivity contribution is -0.139. The van der Waals surface area contributed by atoms with Crippen LogP contribution in [0.2, 0.25) is 0 Å². The first-order valence-electron chi connectivity index (χ1n) is 8.09. The zero-order chi connectivity index (χ0) is 17.6. The van der Waals surface area contributed by atoms with Gasteiger partial charge in [-0.25, -0.2) is 0 Å². The molecule has 134 valence electrons. The summed E-state index contributed by atoms with van der Waals surface area (Å²) in [6.45, 7) is 2.28. The number of carboxylic acids is 1. The van der Waals surface area contributed by atoms with Crippen LogP contribution in [-0.4, -0.2) is 42.2 Å². The molecule has 0 amide bonds. The van der Waals surface area contributed by atoms with Crippen LogP contribution in [0.25, 0.3) is 0 Å². The molecule has 1 aromatic carbocycles. The lowest BCUT2D eigenvalue weighted by atomic mass is 9.97. The molecule has 1 aliphatic rings. The highest BCUT2D eigenvalue weighted by molar-refractivity contribution is 5.67. The second-order valence-electron chi connectivity index (χ2n) is 6.08. The maximum Gasteiger partial charge on any atom is 0.419 e. The summed E-state index contributed by atoms with van der Waals surface area (Å²) in [4.78, 5) is 12.9. The van der Waals surface area contributed by atoms with Gasteiger partial charge in [0.15, 0.2) is 0 Å². The predicted octanol–water partition coefficient (Wildman–Crippen LogP) is 3.66. The fraction of sp³-hybridized carbons (Fsp3) is 0.588. The summed E-state index contributed by atoms with van der Waals surface area (Å²) in [5.74, 6) is -0.747. The number of halogens is 3.